The molecule has 0 bridgehead atoms. The number of carbonyl (C=O) groups excluding carboxylic acids is 1. The van der Waals surface area contributed by atoms with Gasteiger partial charge in [-0.2, -0.15) is 11.8 Å². The number of thioether (sulfide) groups is 1. The lowest BCUT2D eigenvalue weighted by Gasteiger charge is -2.10. The normalized spacial score (nSPS) is 23.2. The molecule has 0 aliphatic carbocycles. The summed E-state index contributed by atoms with van der Waals surface area (Å²) < 4.78 is 0. The summed E-state index contributed by atoms with van der Waals surface area (Å²) in [7, 11) is 0. The summed E-state index contributed by atoms with van der Waals surface area (Å²) in [4.78, 5) is 11.5. The molecule has 0 aromatic heterocycles. The number of nitrogens with one attached hydrogen (secondary N) is 1. The van der Waals surface area contributed by atoms with E-state index in [1.165, 1.54) is 5.75 Å². The lowest BCUT2D eigenvalue weighted by molar-refractivity contribution is -0.118. The Hall–Kier alpha value is -0.440. The van der Waals surface area contributed by atoms with Gasteiger partial charge in [-0.15, -0.1) is 0 Å². The highest BCUT2D eigenvalue weighted by Crippen LogP contribution is 2.17. The summed E-state index contributed by atoms with van der Waals surface area (Å²) in [6.45, 7) is 3.92. The first-order chi connectivity index (χ1) is 6.24. The molecule has 1 saturated heterocycles. The largest absolute Gasteiger partial charge is 0.349 e. The second-order valence-corrected chi connectivity index (χ2v) is 4.48. The zero-order chi connectivity index (χ0) is 9.68. The van der Waals surface area contributed by atoms with Crippen molar-refractivity contribution in [1.29, 1.82) is 0 Å². The van der Waals surface area contributed by atoms with Crippen LogP contribution < -0.4 is 5.32 Å². The Morgan fingerprint density at radius 1 is 1.69 bits per heavy atom. The van der Waals surface area contributed by atoms with Gasteiger partial charge in [-0.3, -0.25) is 4.79 Å². The molecule has 0 spiro atoms. The van der Waals surface area contributed by atoms with Crippen LogP contribution in [0.3, 0.4) is 0 Å². The van der Waals surface area contributed by atoms with Crippen molar-refractivity contribution >= 4 is 17.7 Å². The molecule has 1 amide bonds. The summed E-state index contributed by atoms with van der Waals surface area (Å²) in [6, 6.07) is 0.401. The third kappa shape index (κ3) is 3.43. The van der Waals surface area contributed by atoms with Crippen LogP contribution in [0.1, 0.15) is 26.7 Å². The molecular formula is C10H17NOS. The second-order valence-electron chi connectivity index (χ2n) is 3.33. The van der Waals surface area contributed by atoms with Crippen molar-refractivity contribution < 1.29 is 4.79 Å². The molecule has 1 aliphatic rings. The van der Waals surface area contributed by atoms with E-state index in [0.29, 0.717) is 6.04 Å². The molecule has 3 heteroatoms. The predicted octanol–water partition coefficient (Wildman–Crippen LogP) is 1.96. The van der Waals surface area contributed by atoms with E-state index in [0.717, 1.165) is 24.2 Å². The van der Waals surface area contributed by atoms with Gasteiger partial charge in [0.2, 0.25) is 5.91 Å². The Labute approximate surface area is 84.2 Å². The van der Waals surface area contributed by atoms with Crippen LogP contribution >= 0.6 is 11.8 Å². The Balaban J connectivity index is 2.35. The third-order valence-corrected chi connectivity index (χ3v) is 3.30. The van der Waals surface area contributed by atoms with Crippen LogP contribution in [0.2, 0.25) is 0 Å². The smallest absolute Gasteiger partial charge is 0.246 e. The molecular weight excluding hydrogens is 182 g/mol. The van der Waals surface area contributed by atoms with E-state index in [1.54, 1.807) is 0 Å². The first-order valence-electron chi connectivity index (χ1n) is 4.79. The number of allylic oxidation sites excluding steroid dienone is 1. The first kappa shape index (κ1) is 10.6. The van der Waals surface area contributed by atoms with Crippen LogP contribution in [0.25, 0.3) is 0 Å². The van der Waals surface area contributed by atoms with Gasteiger partial charge in [0.1, 0.15) is 0 Å². The van der Waals surface area contributed by atoms with Gasteiger partial charge >= 0.3 is 0 Å². The Kier molecular flexibility index (Phi) is 4.36. The van der Waals surface area contributed by atoms with Gasteiger partial charge in [-0.25, -0.2) is 0 Å². The lowest BCUT2D eigenvalue weighted by atomic mass is 10.2. The molecule has 74 valence electrons. The molecule has 1 aliphatic heterocycles. The van der Waals surface area contributed by atoms with Crippen LogP contribution in [-0.4, -0.2) is 23.5 Å². The molecule has 0 saturated carbocycles. The van der Waals surface area contributed by atoms with E-state index in [1.807, 2.05) is 31.7 Å². The minimum atomic E-state index is 0.106. The van der Waals surface area contributed by atoms with Gasteiger partial charge in [0.25, 0.3) is 0 Å². The van der Waals surface area contributed by atoms with Gasteiger partial charge in [-0.05, 0) is 25.5 Å². The summed E-state index contributed by atoms with van der Waals surface area (Å²) in [5, 5.41) is 3.04. The van der Waals surface area contributed by atoms with Gasteiger partial charge < -0.3 is 5.32 Å². The van der Waals surface area contributed by atoms with Crippen molar-refractivity contribution in [3.63, 3.8) is 0 Å². The minimum absolute atomic E-state index is 0.106. The maximum atomic E-state index is 11.5. The molecule has 1 rings (SSSR count). The van der Waals surface area contributed by atoms with Crippen molar-refractivity contribution in [2.45, 2.75) is 32.7 Å². The zero-order valence-electron chi connectivity index (χ0n) is 8.30. The highest BCUT2D eigenvalue weighted by Gasteiger charge is 2.17. The van der Waals surface area contributed by atoms with E-state index < -0.39 is 0 Å². The van der Waals surface area contributed by atoms with E-state index in [2.05, 4.69) is 5.32 Å². The number of amides is 1. The van der Waals surface area contributed by atoms with E-state index in [9.17, 15) is 4.79 Å². The molecule has 0 radical (unpaired) electrons. The molecule has 1 unspecified atom stereocenters. The Bertz CT molecular complexity index is 207. The fourth-order valence-electron chi connectivity index (χ4n) is 1.35. The van der Waals surface area contributed by atoms with Gasteiger partial charge in [0.05, 0.1) is 0 Å². The highest BCUT2D eigenvalue weighted by atomic mass is 32.2. The summed E-state index contributed by atoms with van der Waals surface area (Å²) in [5.41, 5.74) is 0.847. The topological polar surface area (TPSA) is 29.1 Å². The SMILES string of the molecule is CC/C=C(/C)C(=O)NC1CCSC1. The van der Waals surface area contributed by atoms with Crippen molar-refractivity contribution in [3.8, 4) is 0 Å². The standard InChI is InChI=1S/C10H17NOS/c1-3-4-8(2)10(12)11-9-5-6-13-7-9/h4,9H,3,5-7H2,1-2H3,(H,11,12)/b8-4-. The maximum Gasteiger partial charge on any atom is 0.246 e. The highest BCUT2D eigenvalue weighted by molar-refractivity contribution is 7.99. The number of hydrogen-bond donors (Lipinski definition) is 1. The predicted molar refractivity (Wildman–Crippen MR) is 57.9 cm³/mol. The first-order valence-corrected chi connectivity index (χ1v) is 5.95. The Morgan fingerprint density at radius 2 is 2.46 bits per heavy atom. The van der Waals surface area contributed by atoms with Crippen molar-refractivity contribution in [1.82, 2.24) is 5.32 Å². The molecule has 1 fully saturated rings. The minimum Gasteiger partial charge on any atom is -0.349 e. The monoisotopic (exact) mass is 199 g/mol. The number of carbonyl (C=O) groups is 1. The summed E-state index contributed by atoms with van der Waals surface area (Å²) in [5.74, 6) is 2.36. The van der Waals surface area contributed by atoms with Crippen molar-refractivity contribution in [2.24, 2.45) is 0 Å². The van der Waals surface area contributed by atoms with Gasteiger partial charge in [0.15, 0.2) is 0 Å². The third-order valence-electron chi connectivity index (χ3n) is 2.13. The fourth-order valence-corrected chi connectivity index (χ4v) is 2.50. The lowest BCUT2D eigenvalue weighted by Crippen LogP contribution is -2.35. The van der Waals surface area contributed by atoms with E-state index in [-0.39, 0.29) is 5.91 Å². The van der Waals surface area contributed by atoms with Crippen LogP contribution in [0.4, 0.5) is 0 Å². The Morgan fingerprint density at radius 3 is 3.00 bits per heavy atom. The molecule has 0 aromatic rings. The van der Waals surface area contributed by atoms with Crippen LogP contribution in [0.15, 0.2) is 11.6 Å². The second kappa shape index (κ2) is 5.32. The molecule has 2 nitrogen and oxygen atoms in total. The number of hydrogen-bond acceptors (Lipinski definition) is 2. The van der Waals surface area contributed by atoms with Crippen LogP contribution in [-0.2, 0) is 4.79 Å². The average molecular weight is 199 g/mol. The molecule has 1 heterocycles. The molecule has 1 N–H and O–H groups in total. The quantitative estimate of drug-likeness (QED) is 0.704. The van der Waals surface area contributed by atoms with Crippen molar-refractivity contribution in [3.05, 3.63) is 11.6 Å². The van der Waals surface area contributed by atoms with E-state index >= 15 is 0 Å². The number of rotatable bonds is 3. The molecule has 1 atom stereocenters. The van der Waals surface area contributed by atoms with Crippen molar-refractivity contribution in [2.75, 3.05) is 11.5 Å². The summed E-state index contributed by atoms with van der Waals surface area (Å²) >= 11 is 1.92. The molecule has 13 heavy (non-hydrogen) atoms. The van der Waals surface area contributed by atoms with Crippen LogP contribution in [0, 0.1) is 0 Å². The van der Waals surface area contributed by atoms with Crippen LogP contribution in [0.5, 0.6) is 0 Å². The maximum absolute atomic E-state index is 11.5. The van der Waals surface area contributed by atoms with Gasteiger partial charge in [-0.1, -0.05) is 13.0 Å². The average Bonchev–Trinajstić information content (AvgIpc) is 2.57. The zero-order valence-corrected chi connectivity index (χ0v) is 9.12. The molecule has 0 aromatic carbocycles. The van der Waals surface area contributed by atoms with E-state index in [4.69, 9.17) is 0 Å². The fraction of sp³-hybridized carbons (Fsp3) is 0.700. The summed E-state index contributed by atoms with van der Waals surface area (Å²) in [6.07, 6.45) is 4.02. The van der Waals surface area contributed by atoms with Gasteiger partial charge in [0, 0.05) is 17.4 Å².